The molecule has 0 saturated carbocycles. The van der Waals surface area contributed by atoms with E-state index in [2.05, 4.69) is 30.5 Å². The van der Waals surface area contributed by atoms with E-state index < -0.39 is 5.82 Å². The summed E-state index contributed by atoms with van der Waals surface area (Å²) in [7, 11) is 1.60. The van der Waals surface area contributed by atoms with Crippen LogP contribution >= 0.6 is 11.3 Å². The van der Waals surface area contributed by atoms with Gasteiger partial charge in [-0.05, 0) is 23.6 Å². The van der Waals surface area contributed by atoms with Gasteiger partial charge in [-0.15, -0.1) is 11.3 Å². The SMILES string of the molecule is CNc1c(F)cccc1C(=O)NCC(C)(C)c1cccs1. The van der Waals surface area contributed by atoms with E-state index in [1.54, 1.807) is 24.5 Å². The number of para-hydroxylation sites is 1. The number of anilines is 1. The Hall–Kier alpha value is -1.88. The Morgan fingerprint density at radius 2 is 2.05 bits per heavy atom. The number of rotatable bonds is 5. The zero-order chi connectivity index (χ0) is 15.5. The summed E-state index contributed by atoms with van der Waals surface area (Å²) in [5, 5.41) is 7.64. The molecule has 112 valence electrons. The van der Waals surface area contributed by atoms with Gasteiger partial charge in [0, 0.05) is 23.9 Å². The van der Waals surface area contributed by atoms with E-state index in [1.165, 1.54) is 17.0 Å². The van der Waals surface area contributed by atoms with Gasteiger partial charge in [-0.3, -0.25) is 4.79 Å². The first-order valence-electron chi connectivity index (χ1n) is 6.74. The fourth-order valence-electron chi connectivity index (χ4n) is 2.11. The van der Waals surface area contributed by atoms with Gasteiger partial charge in [-0.2, -0.15) is 0 Å². The average molecular weight is 306 g/mol. The van der Waals surface area contributed by atoms with Crippen molar-refractivity contribution in [2.75, 3.05) is 18.9 Å². The van der Waals surface area contributed by atoms with E-state index in [0.717, 1.165) is 0 Å². The first kappa shape index (κ1) is 15.5. The molecule has 1 aromatic heterocycles. The molecule has 0 radical (unpaired) electrons. The van der Waals surface area contributed by atoms with Crippen LogP contribution in [-0.2, 0) is 5.41 Å². The predicted octanol–water partition coefficient (Wildman–Crippen LogP) is 3.64. The van der Waals surface area contributed by atoms with Crippen molar-refractivity contribution in [3.63, 3.8) is 0 Å². The second kappa shape index (κ2) is 6.26. The van der Waals surface area contributed by atoms with Gasteiger partial charge in [0.1, 0.15) is 5.82 Å². The molecular formula is C16H19FN2OS. The number of halogens is 1. The highest BCUT2D eigenvalue weighted by Gasteiger charge is 2.23. The third-order valence-electron chi connectivity index (χ3n) is 3.39. The van der Waals surface area contributed by atoms with E-state index >= 15 is 0 Å². The number of nitrogens with one attached hydrogen (secondary N) is 2. The molecule has 3 nitrogen and oxygen atoms in total. The topological polar surface area (TPSA) is 41.1 Å². The molecule has 0 aliphatic carbocycles. The first-order valence-corrected chi connectivity index (χ1v) is 7.62. The van der Waals surface area contributed by atoms with E-state index in [0.29, 0.717) is 12.1 Å². The molecule has 1 heterocycles. The third-order valence-corrected chi connectivity index (χ3v) is 4.62. The molecule has 2 aromatic rings. The van der Waals surface area contributed by atoms with Crippen LogP contribution in [0.5, 0.6) is 0 Å². The number of thiophene rings is 1. The third kappa shape index (κ3) is 3.42. The van der Waals surface area contributed by atoms with Crippen molar-refractivity contribution in [1.82, 2.24) is 5.32 Å². The van der Waals surface area contributed by atoms with Gasteiger partial charge in [-0.1, -0.05) is 26.0 Å². The Bertz CT molecular complexity index is 623. The molecule has 1 aromatic carbocycles. The van der Waals surface area contributed by atoms with Crippen molar-refractivity contribution >= 4 is 22.9 Å². The average Bonchev–Trinajstić information content (AvgIpc) is 2.99. The molecule has 0 saturated heterocycles. The van der Waals surface area contributed by atoms with Crippen LogP contribution in [-0.4, -0.2) is 19.5 Å². The summed E-state index contributed by atoms with van der Waals surface area (Å²) in [6, 6.07) is 8.53. The zero-order valence-corrected chi connectivity index (χ0v) is 13.2. The van der Waals surface area contributed by atoms with Crippen molar-refractivity contribution in [2.24, 2.45) is 0 Å². The lowest BCUT2D eigenvalue weighted by Gasteiger charge is -2.24. The van der Waals surface area contributed by atoms with Crippen LogP contribution in [0.3, 0.4) is 0 Å². The largest absolute Gasteiger partial charge is 0.385 e. The Morgan fingerprint density at radius 3 is 2.67 bits per heavy atom. The van der Waals surface area contributed by atoms with Crippen LogP contribution in [0.15, 0.2) is 35.7 Å². The minimum atomic E-state index is -0.428. The molecule has 0 aliphatic rings. The maximum atomic E-state index is 13.7. The van der Waals surface area contributed by atoms with Crippen LogP contribution in [0.2, 0.25) is 0 Å². The molecule has 2 N–H and O–H groups in total. The quantitative estimate of drug-likeness (QED) is 0.885. The molecule has 0 atom stereocenters. The van der Waals surface area contributed by atoms with Crippen LogP contribution in [0.25, 0.3) is 0 Å². The smallest absolute Gasteiger partial charge is 0.253 e. The molecule has 0 aliphatic heterocycles. The maximum Gasteiger partial charge on any atom is 0.253 e. The molecule has 21 heavy (non-hydrogen) atoms. The van der Waals surface area contributed by atoms with Crippen molar-refractivity contribution < 1.29 is 9.18 Å². The molecule has 0 fully saturated rings. The zero-order valence-electron chi connectivity index (χ0n) is 12.4. The van der Waals surface area contributed by atoms with Crippen molar-refractivity contribution in [1.29, 1.82) is 0 Å². The monoisotopic (exact) mass is 306 g/mol. The normalized spacial score (nSPS) is 11.2. The van der Waals surface area contributed by atoms with Crippen LogP contribution in [0.4, 0.5) is 10.1 Å². The summed E-state index contributed by atoms with van der Waals surface area (Å²) in [5.41, 5.74) is 0.389. The summed E-state index contributed by atoms with van der Waals surface area (Å²) < 4.78 is 13.7. The summed E-state index contributed by atoms with van der Waals surface area (Å²) in [6.45, 7) is 4.64. The Kier molecular flexibility index (Phi) is 4.63. The molecule has 0 unspecified atom stereocenters. The second-order valence-electron chi connectivity index (χ2n) is 5.46. The van der Waals surface area contributed by atoms with Gasteiger partial charge in [0.15, 0.2) is 0 Å². The summed E-state index contributed by atoms with van der Waals surface area (Å²) in [6.07, 6.45) is 0. The number of amides is 1. The van der Waals surface area contributed by atoms with Crippen molar-refractivity contribution in [3.8, 4) is 0 Å². The lowest BCUT2D eigenvalue weighted by atomic mass is 9.91. The summed E-state index contributed by atoms with van der Waals surface area (Å²) in [4.78, 5) is 13.5. The molecular weight excluding hydrogens is 287 g/mol. The van der Waals surface area contributed by atoms with Crippen molar-refractivity contribution in [3.05, 3.63) is 52.0 Å². The number of carbonyl (C=O) groups excluding carboxylic acids is 1. The standard InChI is InChI=1S/C16H19FN2OS/c1-16(2,13-8-5-9-21-13)10-19-15(20)11-6-4-7-12(17)14(11)18-3/h4-9,18H,10H2,1-3H3,(H,19,20). The molecule has 5 heteroatoms. The highest BCUT2D eigenvalue weighted by Crippen LogP contribution is 2.27. The van der Waals surface area contributed by atoms with Gasteiger partial charge in [0.05, 0.1) is 11.3 Å². The number of hydrogen-bond acceptors (Lipinski definition) is 3. The lowest BCUT2D eigenvalue weighted by molar-refractivity contribution is 0.0946. The fourth-order valence-corrected chi connectivity index (χ4v) is 2.97. The maximum absolute atomic E-state index is 13.7. The number of benzene rings is 1. The minimum absolute atomic E-state index is 0.156. The highest BCUT2D eigenvalue weighted by atomic mass is 32.1. The van der Waals surface area contributed by atoms with E-state index in [1.807, 2.05) is 11.4 Å². The Labute approximate surface area is 128 Å². The number of hydrogen-bond donors (Lipinski definition) is 2. The highest BCUT2D eigenvalue weighted by molar-refractivity contribution is 7.10. The molecule has 0 bridgehead atoms. The van der Waals surface area contributed by atoms with Gasteiger partial charge in [0.2, 0.25) is 0 Å². The van der Waals surface area contributed by atoms with E-state index in [-0.39, 0.29) is 17.0 Å². The van der Waals surface area contributed by atoms with Crippen molar-refractivity contribution in [2.45, 2.75) is 19.3 Å². The Balaban J connectivity index is 2.11. The van der Waals surface area contributed by atoms with Gasteiger partial charge in [-0.25, -0.2) is 4.39 Å². The van der Waals surface area contributed by atoms with Crippen LogP contribution in [0.1, 0.15) is 29.1 Å². The molecule has 0 spiro atoms. The van der Waals surface area contributed by atoms with E-state index in [9.17, 15) is 9.18 Å². The Morgan fingerprint density at radius 1 is 1.29 bits per heavy atom. The van der Waals surface area contributed by atoms with Crippen LogP contribution in [0, 0.1) is 5.82 Å². The van der Waals surface area contributed by atoms with Gasteiger partial charge in [0.25, 0.3) is 5.91 Å². The number of carbonyl (C=O) groups is 1. The fraction of sp³-hybridized carbons (Fsp3) is 0.312. The molecule has 2 rings (SSSR count). The van der Waals surface area contributed by atoms with Gasteiger partial charge >= 0.3 is 0 Å². The van der Waals surface area contributed by atoms with E-state index in [4.69, 9.17) is 0 Å². The lowest BCUT2D eigenvalue weighted by Crippen LogP contribution is -2.36. The predicted molar refractivity (Wildman–Crippen MR) is 85.6 cm³/mol. The van der Waals surface area contributed by atoms with Crippen LogP contribution < -0.4 is 10.6 Å². The molecule has 1 amide bonds. The summed E-state index contributed by atoms with van der Waals surface area (Å²) in [5.74, 6) is -0.703. The second-order valence-corrected chi connectivity index (χ2v) is 6.40. The summed E-state index contributed by atoms with van der Waals surface area (Å²) >= 11 is 1.66. The van der Waals surface area contributed by atoms with Gasteiger partial charge < -0.3 is 10.6 Å². The first-order chi connectivity index (χ1) is 9.95. The minimum Gasteiger partial charge on any atom is -0.385 e.